The van der Waals surface area contributed by atoms with Gasteiger partial charge in [-0.2, -0.15) is 8.42 Å². The molecule has 4 aromatic carbocycles. The average Bonchev–Trinajstić information content (AvgIpc) is 3.05. The van der Waals surface area contributed by atoms with Crippen LogP contribution in [0.1, 0.15) is 119 Å². The SMILES string of the molecule is CCCc1cc(CCC)c(S(OS(=O)(=O)c2ccc(C)cc2)(c2ccccc2)c2c(CCC)cc(CCC)cc2CCC)c(CCC)c1. The predicted molar refractivity (Wildman–Crippen MR) is 205 cm³/mol. The molecule has 5 heteroatoms. The highest BCUT2D eigenvalue weighted by atomic mass is 32.3. The van der Waals surface area contributed by atoms with Gasteiger partial charge in [0.05, 0.1) is 4.90 Å². The van der Waals surface area contributed by atoms with Crippen molar-refractivity contribution in [1.82, 2.24) is 0 Å². The van der Waals surface area contributed by atoms with Gasteiger partial charge >= 0.3 is 10.1 Å². The summed E-state index contributed by atoms with van der Waals surface area (Å²) in [5.74, 6) is 0. The Hall–Kier alpha value is -2.86. The van der Waals surface area contributed by atoms with E-state index >= 15 is 0 Å². The first kappa shape index (κ1) is 38.0. The highest BCUT2D eigenvalue weighted by Gasteiger charge is 2.43. The monoisotopic (exact) mass is 686 g/mol. The molecule has 0 aromatic heterocycles. The van der Waals surface area contributed by atoms with Gasteiger partial charge in [-0.1, -0.05) is 140 Å². The maximum absolute atomic E-state index is 14.9. The van der Waals surface area contributed by atoms with Crippen LogP contribution in [0.3, 0.4) is 0 Å². The molecule has 0 aliphatic rings. The van der Waals surface area contributed by atoms with Crippen LogP contribution in [-0.4, -0.2) is 8.42 Å². The van der Waals surface area contributed by atoms with E-state index in [4.69, 9.17) is 3.63 Å². The van der Waals surface area contributed by atoms with Crippen molar-refractivity contribution in [2.45, 2.75) is 145 Å². The molecule has 4 rings (SSSR count). The summed E-state index contributed by atoms with van der Waals surface area (Å²) >= 11 is 0. The first-order valence-electron chi connectivity index (χ1n) is 18.4. The van der Waals surface area contributed by atoms with Crippen LogP contribution in [0.5, 0.6) is 0 Å². The van der Waals surface area contributed by atoms with E-state index in [2.05, 4.69) is 77.9 Å². The number of hydrogen-bond acceptors (Lipinski definition) is 3. The quantitative estimate of drug-likeness (QED) is 0.105. The van der Waals surface area contributed by atoms with E-state index in [-0.39, 0.29) is 4.90 Å². The fourth-order valence-electron chi connectivity index (χ4n) is 7.01. The van der Waals surface area contributed by atoms with Gasteiger partial charge < -0.3 is 0 Å². The minimum absolute atomic E-state index is 0.203. The van der Waals surface area contributed by atoms with Gasteiger partial charge in [-0.15, -0.1) is 0 Å². The van der Waals surface area contributed by atoms with Gasteiger partial charge in [0.2, 0.25) is 0 Å². The first-order valence-corrected chi connectivity index (χ1v) is 21.4. The van der Waals surface area contributed by atoms with Crippen molar-refractivity contribution in [3.8, 4) is 0 Å². The van der Waals surface area contributed by atoms with Crippen LogP contribution in [0.25, 0.3) is 0 Å². The molecule has 48 heavy (non-hydrogen) atoms. The summed E-state index contributed by atoms with van der Waals surface area (Å²) in [6.45, 7) is 15.3. The van der Waals surface area contributed by atoms with Gasteiger partial charge in [0.25, 0.3) is 0 Å². The van der Waals surface area contributed by atoms with Gasteiger partial charge in [0.15, 0.2) is 0 Å². The molecule has 0 heterocycles. The molecule has 0 atom stereocenters. The zero-order valence-electron chi connectivity index (χ0n) is 30.5. The summed E-state index contributed by atoms with van der Waals surface area (Å²) < 4.78 is 37.0. The minimum atomic E-state index is -4.21. The molecular formula is C43H58O3S2. The van der Waals surface area contributed by atoms with E-state index in [1.807, 2.05) is 37.3 Å². The molecule has 0 saturated carbocycles. The molecule has 0 bridgehead atoms. The first-order chi connectivity index (χ1) is 23.2. The highest BCUT2D eigenvalue weighted by molar-refractivity contribution is 8.33. The molecule has 0 radical (unpaired) electrons. The van der Waals surface area contributed by atoms with E-state index in [1.165, 1.54) is 33.4 Å². The Bertz CT molecular complexity index is 1600. The molecule has 0 aliphatic carbocycles. The second-order valence-electron chi connectivity index (χ2n) is 13.2. The van der Waals surface area contributed by atoms with Crippen LogP contribution < -0.4 is 0 Å². The standard InChI is InChI=1S/C43H58O3S2/c1-8-17-34-29-36(19-10-3)42(37(30-34)20-11-4)47(40-23-15-14-16-24-40,46-48(44,45)41-27-25-33(7)26-28-41)43-38(21-12-5)31-35(18-9-2)32-39(43)22-13-6/h14-16,23-32H,8-13,17-22H2,1-7H3. The summed E-state index contributed by atoms with van der Waals surface area (Å²) in [7, 11) is -7.02. The maximum atomic E-state index is 14.9. The summed E-state index contributed by atoms with van der Waals surface area (Å²) in [6.07, 6.45) is 11.4. The molecule has 0 amide bonds. The fourth-order valence-corrected chi connectivity index (χ4v) is 13.1. The fraction of sp³-hybridized carbons (Fsp3) is 0.442. The van der Waals surface area contributed by atoms with E-state index in [1.54, 1.807) is 12.1 Å². The third-order valence-electron chi connectivity index (χ3n) is 8.91. The van der Waals surface area contributed by atoms with Crippen molar-refractivity contribution < 1.29 is 12.0 Å². The summed E-state index contributed by atoms with van der Waals surface area (Å²) in [4.78, 5) is 3.35. The molecular weight excluding hydrogens is 629 g/mol. The molecule has 260 valence electrons. The Labute approximate surface area is 294 Å². The zero-order chi connectivity index (χ0) is 34.7. The molecule has 0 spiro atoms. The lowest BCUT2D eigenvalue weighted by molar-refractivity contribution is 0.507. The van der Waals surface area contributed by atoms with Crippen LogP contribution in [0.15, 0.2) is 98.4 Å². The minimum Gasteiger partial charge on any atom is -0.203 e. The summed E-state index contributed by atoms with van der Waals surface area (Å²) in [5.41, 5.74) is 8.59. The van der Waals surface area contributed by atoms with Crippen molar-refractivity contribution >= 4 is 20.4 Å². The van der Waals surface area contributed by atoms with Crippen LogP contribution in [0, 0.1) is 6.92 Å². The Kier molecular flexibility index (Phi) is 14.0. The number of hydrogen-bond donors (Lipinski definition) is 0. The largest absolute Gasteiger partial charge is 0.307 e. The molecule has 0 fully saturated rings. The average molecular weight is 687 g/mol. The lowest BCUT2D eigenvalue weighted by Crippen LogP contribution is -2.20. The highest BCUT2D eigenvalue weighted by Crippen LogP contribution is 2.74. The van der Waals surface area contributed by atoms with Crippen molar-refractivity contribution in [1.29, 1.82) is 0 Å². The van der Waals surface area contributed by atoms with Gasteiger partial charge in [-0.05, 0) is 113 Å². The Morgan fingerprint density at radius 1 is 0.479 bits per heavy atom. The molecule has 0 saturated heterocycles. The van der Waals surface area contributed by atoms with E-state index in [0.29, 0.717) is 0 Å². The van der Waals surface area contributed by atoms with Crippen LogP contribution in [0.2, 0.25) is 0 Å². The van der Waals surface area contributed by atoms with Crippen molar-refractivity contribution in [3.05, 3.63) is 118 Å². The Morgan fingerprint density at radius 2 is 0.854 bits per heavy atom. The van der Waals surface area contributed by atoms with Gasteiger partial charge in [0.1, 0.15) is 0 Å². The maximum Gasteiger partial charge on any atom is 0.307 e. The lowest BCUT2D eigenvalue weighted by Gasteiger charge is -2.44. The van der Waals surface area contributed by atoms with Crippen molar-refractivity contribution in [2.75, 3.05) is 0 Å². The van der Waals surface area contributed by atoms with Crippen LogP contribution >= 0.6 is 10.3 Å². The molecule has 0 aliphatic heterocycles. The summed E-state index contributed by atoms with van der Waals surface area (Å²) in [6, 6.07) is 27.0. The summed E-state index contributed by atoms with van der Waals surface area (Å²) in [5, 5.41) is 0. The van der Waals surface area contributed by atoms with Crippen molar-refractivity contribution in [3.63, 3.8) is 0 Å². The number of aryl methyl sites for hydroxylation is 7. The smallest absolute Gasteiger partial charge is 0.203 e. The molecule has 3 nitrogen and oxygen atoms in total. The third kappa shape index (κ3) is 8.46. The third-order valence-corrected chi connectivity index (χ3v) is 14.4. The lowest BCUT2D eigenvalue weighted by atomic mass is 9.97. The number of benzene rings is 4. The van der Waals surface area contributed by atoms with E-state index in [0.717, 1.165) is 97.3 Å². The Balaban J connectivity index is 2.32. The van der Waals surface area contributed by atoms with Gasteiger partial charge in [-0.25, -0.2) is 3.63 Å². The Morgan fingerprint density at radius 3 is 1.21 bits per heavy atom. The molecule has 0 N–H and O–H groups in total. The number of rotatable bonds is 18. The topological polar surface area (TPSA) is 43.4 Å². The molecule has 4 aromatic rings. The van der Waals surface area contributed by atoms with Crippen molar-refractivity contribution in [2.24, 2.45) is 0 Å². The van der Waals surface area contributed by atoms with Crippen LogP contribution in [0.4, 0.5) is 0 Å². The second kappa shape index (κ2) is 17.7. The van der Waals surface area contributed by atoms with E-state index in [9.17, 15) is 8.42 Å². The van der Waals surface area contributed by atoms with E-state index < -0.39 is 20.4 Å². The normalized spacial score (nSPS) is 12.4. The second-order valence-corrected chi connectivity index (χ2v) is 17.5. The predicted octanol–water partition coefficient (Wildman–Crippen LogP) is 12.3. The van der Waals surface area contributed by atoms with Gasteiger partial charge in [-0.3, -0.25) is 0 Å². The van der Waals surface area contributed by atoms with Gasteiger partial charge in [0, 0.05) is 14.7 Å². The molecule has 0 unspecified atom stereocenters. The van der Waals surface area contributed by atoms with Crippen LogP contribution in [-0.2, 0) is 52.3 Å². The zero-order valence-corrected chi connectivity index (χ0v) is 32.2.